The first-order valence-corrected chi connectivity index (χ1v) is 6.18. The minimum atomic E-state index is 0.168. The standard InChI is InChI=1S/C10H13ClN2OS/c11-9-3-2-8(15-9)6-12-5-7-1-4-10(14)13-7/h2-3,7,12H,1,4-6H2,(H,13,14). The first-order valence-electron chi connectivity index (χ1n) is 4.98. The van der Waals surface area contributed by atoms with Gasteiger partial charge in [0, 0.05) is 30.4 Å². The lowest BCUT2D eigenvalue weighted by Crippen LogP contribution is -2.35. The lowest BCUT2D eigenvalue weighted by atomic mass is 10.2. The van der Waals surface area contributed by atoms with Gasteiger partial charge in [0.2, 0.25) is 5.91 Å². The Kier molecular flexibility index (Phi) is 3.61. The fourth-order valence-electron chi connectivity index (χ4n) is 1.65. The minimum Gasteiger partial charge on any atom is -0.352 e. The van der Waals surface area contributed by atoms with Crippen LogP contribution in [0.3, 0.4) is 0 Å². The molecule has 2 rings (SSSR count). The number of halogens is 1. The van der Waals surface area contributed by atoms with Gasteiger partial charge < -0.3 is 10.6 Å². The molecule has 15 heavy (non-hydrogen) atoms. The molecular formula is C10H13ClN2OS. The molecule has 0 aliphatic carbocycles. The van der Waals surface area contributed by atoms with Gasteiger partial charge in [0.05, 0.1) is 4.34 Å². The molecule has 1 unspecified atom stereocenters. The zero-order chi connectivity index (χ0) is 10.7. The Hall–Kier alpha value is -0.580. The maximum atomic E-state index is 10.9. The summed E-state index contributed by atoms with van der Waals surface area (Å²) in [4.78, 5) is 12.2. The molecule has 0 saturated carbocycles. The SMILES string of the molecule is O=C1CCC(CNCc2ccc(Cl)s2)N1. The quantitative estimate of drug-likeness (QED) is 0.848. The van der Waals surface area contributed by atoms with Crippen LogP contribution in [0.25, 0.3) is 0 Å². The normalized spacial score (nSPS) is 20.6. The van der Waals surface area contributed by atoms with Crippen molar-refractivity contribution in [3.8, 4) is 0 Å². The molecule has 1 atom stereocenters. The van der Waals surface area contributed by atoms with Crippen LogP contribution in [-0.4, -0.2) is 18.5 Å². The van der Waals surface area contributed by atoms with Gasteiger partial charge in [-0.15, -0.1) is 11.3 Å². The highest BCUT2D eigenvalue weighted by molar-refractivity contribution is 7.16. The topological polar surface area (TPSA) is 41.1 Å². The van der Waals surface area contributed by atoms with Crippen molar-refractivity contribution in [1.29, 1.82) is 0 Å². The Morgan fingerprint density at radius 1 is 1.60 bits per heavy atom. The molecule has 1 saturated heterocycles. The predicted molar refractivity (Wildman–Crippen MR) is 62.2 cm³/mol. The van der Waals surface area contributed by atoms with E-state index in [9.17, 15) is 4.79 Å². The van der Waals surface area contributed by atoms with Crippen LogP contribution in [0.5, 0.6) is 0 Å². The molecule has 0 aromatic carbocycles. The third-order valence-corrected chi connectivity index (χ3v) is 3.63. The number of carbonyl (C=O) groups excluding carboxylic acids is 1. The average Bonchev–Trinajstić information content (AvgIpc) is 2.76. The van der Waals surface area contributed by atoms with Gasteiger partial charge >= 0.3 is 0 Å². The third-order valence-electron chi connectivity index (χ3n) is 2.40. The van der Waals surface area contributed by atoms with E-state index >= 15 is 0 Å². The summed E-state index contributed by atoms with van der Waals surface area (Å²) >= 11 is 7.41. The van der Waals surface area contributed by atoms with Crippen molar-refractivity contribution in [2.75, 3.05) is 6.54 Å². The van der Waals surface area contributed by atoms with E-state index in [1.54, 1.807) is 11.3 Å². The second-order valence-corrected chi connectivity index (χ2v) is 5.44. The van der Waals surface area contributed by atoms with Crippen LogP contribution < -0.4 is 10.6 Å². The number of amides is 1. The van der Waals surface area contributed by atoms with Crippen molar-refractivity contribution in [2.45, 2.75) is 25.4 Å². The Morgan fingerprint density at radius 2 is 2.47 bits per heavy atom. The zero-order valence-electron chi connectivity index (χ0n) is 8.25. The number of nitrogens with one attached hydrogen (secondary N) is 2. The number of rotatable bonds is 4. The van der Waals surface area contributed by atoms with E-state index in [-0.39, 0.29) is 5.91 Å². The van der Waals surface area contributed by atoms with Crippen molar-refractivity contribution in [3.05, 3.63) is 21.3 Å². The highest BCUT2D eigenvalue weighted by Gasteiger charge is 2.19. The average molecular weight is 245 g/mol. The molecule has 5 heteroatoms. The van der Waals surface area contributed by atoms with Crippen LogP contribution in [0, 0.1) is 0 Å². The second kappa shape index (κ2) is 4.96. The van der Waals surface area contributed by atoms with E-state index in [1.165, 1.54) is 4.88 Å². The van der Waals surface area contributed by atoms with Gasteiger partial charge in [0.1, 0.15) is 0 Å². The van der Waals surface area contributed by atoms with Crippen LogP contribution in [0.15, 0.2) is 12.1 Å². The van der Waals surface area contributed by atoms with E-state index in [1.807, 2.05) is 12.1 Å². The van der Waals surface area contributed by atoms with Crippen molar-refractivity contribution in [1.82, 2.24) is 10.6 Å². The zero-order valence-corrected chi connectivity index (χ0v) is 9.83. The van der Waals surface area contributed by atoms with Gasteiger partial charge in [-0.25, -0.2) is 0 Å². The summed E-state index contributed by atoms with van der Waals surface area (Å²) in [5, 5.41) is 6.24. The Labute approximate surface area is 97.8 Å². The van der Waals surface area contributed by atoms with E-state index < -0.39 is 0 Å². The molecule has 82 valence electrons. The van der Waals surface area contributed by atoms with Gasteiger partial charge in [0.25, 0.3) is 0 Å². The molecule has 3 nitrogen and oxygen atoms in total. The summed E-state index contributed by atoms with van der Waals surface area (Å²) < 4.78 is 0.820. The summed E-state index contributed by atoms with van der Waals surface area (Å²) in [6, 6.07) is 4.22. The van der Waals surface area contributed by atoms with Crippen molar-refractivity contribution in [2.24, 2.45) is 0 Å². The first kappa shape index (κ1) is 10.9. The molecule has 1 fully saturated rings. The van der Waals surface area contributed by atoms with Gasteiger partial charge in [-0.2, -0.15) is 0 Å². The second-order valence-electron chi connectivity index (χ2n) is 3.64. The lowest BCUT2D eigenvalue weighted by molar-refractivity contribution is -0.119. The fourth-order valence-corrected chi connectivity index (χ4v) is 2.70. The highest BCUT2D eigenvalue weighted by Crippen LogP contribution is 2.21. The van der Waals surface area contributed by atoms with Crippen LogP contribution in [0.4, 0.5) is 0 Å². The molecular weight excluding hydrogens is 232 g/mol. The fraction of sp³-hybridized carbons (Fsp3) is 0.500. The maximum absolute atomic E-state index is 10.9. The Morgan fingerprint density at radius 3 is 3.07 bits per heavy atom. The van der Waals surface area contributed by atoms with Crippen molar-refractivity contribution >= 4 is 28.8 Å². The first-order chi connectivity index (χ1) is 7.24. The van der Waals surface area contributed by atoms with E-state index in [0.717, 1.165) is 23.8 Å². The Bertz CT molecular complexity index is 353. The molecule has 2 N–H and O–H groups in total. The molecule has 1 aliphatic heterocycles. The maximum Gasteiger partial charge on any atom is 0.220 e. The van der Waals surface area contributed by atoms with E-state index in [0.29, 0.717) is 12.5 Å². The van der Waals surface area contributed by atoms with E-state index in [2.05, 4.69) is 10.6 Å². The number of hydrogen-bond acceptors (Lipinski definition) is 3. The highest BCUT2D eigenvalue weighted by atomic mass is 35.5. The lowest BCUT2D eigenvalue weighted by Gasteiger charge is -2.10. The molecule has 0 spiro atoms. The molecule has 1 aromatic rings. The number of hydrogen-bond donors (Lipinski definition) is 2. The summed E-state index contributed by atoms with van der Waals surface area (Å²) in [5.41, 5.74) is 0. The van der Waals surface area contributed by atoms with Gasteiger partial charge in [-0.3, -0.25) is 4.79 Å². The minimum absolute atomic E-state index is 0.168. The largest absolute Gasteiger partial charge is 0.352 e. The predicted octanol–water partition coefficient (Wildman–Crippen LogP) is 1.77. The van der Waals surface area contributed by atoms with Crippen molar-refractivity contribution < 1.29 is 4.79 Å². The summed E-state index contributed by atoms with van der Waals surface area (Å²) in [6.45, 7) is 1.66. The number of carbonyl (C=O) groups is 1. The number of thiophene rings is 1. The van der Waals surface area contributed by atoms with Gasteiger partial charge in [0.15, 0.2) is 0 Å². The molecule has 1 aromatic heterocycles. The van der Waals surface area contributed by atoms with Gasteiger partial charge in [-0.1, -0.05) is 11.6 Å². The molecule has 1 aliphatic rings. The summed E-state index contributed by atoms with van der Waals surface area (Å²) in [5.74, 6) is 0.168. The van der Waals surface area contributed by atoms with Gasteiger partial charge in [-0.05, 0) is 18.6 Å². The van der Waals surface area contributed by atoms with Crippen LogP contribution >= 0.6 is 22.9 Å². The summed E-state index contributed by atoms with van der Waals surface area (Å²) in [7, 11) is 0. The van der Waals surface area contributed by atoms with Crippen LogP contribution in [-0.2, 0) is 11.3 Å². The third kappa shape index (κ3) is 3.19. The van der Waals surface area contributed by atoms with E-state index in [4.69, 9.17) is 11.6 Å². The van der Waals surface area contributed by atoms with Crippen molar-refractivity contribution in [3.63, 3.8) is 0 Å². The Balaban J connectivity index is 1.69. The molecule has 2 heterocycles. The molecule has 1 amide bonds. The van der Waals surface area contributed by atoms with Crippen LogP contribution in [0.2, 0.25) is 4.34 Å². The van der Waals surface area contributed by atoms with Crippen LogP contribution in [0.1, 0.15) is 17.7 Å². The monoisotopic (exact) mass is 244 g/mol. The molecule has 0 bridgehead atoms. The smallest absolute Gasteiger partial charge is 0.220 e. The molecule has 0 radical (unpaired) electrons. The summed E-state index contributed by atoms with van der Waals surface area (Å²) in [6.07, 6.45) is 1.61.